The summed E-state index contributed by atoms with van der Waals surface area (Å²) in [4.78, 5) is 36.8. The number of alkyl halides is 1. The topological polar surface area (TPSA) is 63.2 Å². The van der Waals surface area contributed by atoms with E-state index in [9.17, 15) is 14.4 Å². The molecule has 5 heteroatoms. The molecule has 0 aliphatic heterocycles. The highest BCUT2D eigenvalue weighted by molar-refractivity contribution is 6.26. The minimum absolute atomic E-state index is 0.0172. The van der Waals surface area contributed by atoms with Gasteiger partial charge in [0.25, 0.3) is 0 Å². The molecule has 4 nitrogen and oxygen atoms in total. The van der Waals surface area contributed by atoms with E-state index in [0.29, 0.717) is 0 Å². The molecule has 146 valence electrons. The van der Waals surface area contributed by atoms with Gasteiger partial charge in [-0.15, -0.1) is 11.6 Å². The van der Waals surface area contributed by atoms with Gasteiger partial charge in [0.15, 0.2) is 5.78 Å². The number of rotatable bonds is 9. The van der Waals surface area contributed by atoms with E-state index >= 15 is 0 Å². The van der Waals surface area contributed by atoms with Crippen molar-refractivity contribution in [2.75, 3.05) is 0 Å². The number of halogens is 1. The standard InChI is InChI=1S/C21H32ClNO3/c1-5-16-19(21(16,4)22)15(13(3)24)12-17(25)20(23-18(26)6-2)14-10-8-7-9-11-14/h6,14-16,19-20H,2,5,7-12H2,1,3-4H3,(H,23,26). The molecule has 0 bridgehead atoms. The lowest BCUT2D eigenvalue weighted by molar-refractivity contribution is -0.131. The Labute approximate surface area is 162 Å². The average molecular weight is 382 g/mol. The molecule has 1 N–H and O–H groups in total. The average Bonchev–Trinajstić information content (AvgIpc) is 3.17. The van der Waals surface area contributed by atoms with Crippen molar-refractivity contribution in [3.63, 3.8) is 0 Å². The molecule has 2 fully saturated rings. The highest BCUT2D eigenvalue weighted by Gasteiger charge is 2.63. The maximum Gasteiger partial charge on any atom is 0.243 e. The predicted octanol–water partition coefficient (Wildman–Crippen LogP) is 4.06. The zero-order valence-electron chi connectivity index (χ0n) is 16.2. The van der Waals surface area contributed by atoms with Gasteiger partial charge in [0.2, 0.25) is 5.91 Å². The van der Waals surface area contributed by atoms with Crippen molar-refractivity contribution in [3.8, 4) is 0 Å². The first kappa shape index (κ1) is 21.1. The van der Waals surface area contributed by atoms with Gasteiger partial charge in [0.05, 0.1) is 6.04 Å². The van der Waals surface area contributed by atoms with Crippen molar-refractivity contribution in [2.24, 2.45) is 23.7 Å². The van der Waals surface area contributed by atoms with Crippen LogP contribution in [0.1, 0.15) is 65.7 Å². The van der Waals surface area contributed by atoms with Crippen molar-refractivity contribution < 1.29 is 14.4 Å². The predicted molar refractivity (Wildman–Crippen MR) is 104 cm³/mol. The lowest BCUT2D eigenvalue weighted by atomic mass is 9.79. The van der Waals surface area contributed by atoms with Gasteiger partial charge < -0.3 is 5.32 Å². The highest BCUT2D eigenvalue weighted by Crippen LogP contribution is 2.61. The van der Waals surface area contributed by atoms with Crippen LogP contribution < -0.4 is 5.32 Å². The van der Waals surface area contributed by atoms with Crippen molar-refractivity contribution >= 4 is 29.1 Å². The Morgan fingerprint density at radius 1 is 1.27 bits per heavy atom. The third-order valence-electron chi connectivity index (χ3n) is 6.47. The summed E-state index contributed by atoms with van der Waals surface area (Å²) in [5.41, 5.74) is 0. The lowest BCUT2D eigenvalue weighted by Gasteiger charge is -2.30. The van der Waals surface area contributed by atoms with E-state index in [-0.39, 0.29) is 47.6 Å². The summed E-state index contributed by atoms with van der Waals surface area (Å²) in [7, 11) is 0. The molecule has 26 heavy (non-hydrogen) atoms. The summed E-state index contributed by atoms with van der Waals surface area (Å²) in [6, 6.07) is -0.525. The molecule has 2 aliphatic rings. The monoisotopic (exact) mass is 381 g/mol. The quantitative estimate of drug-likeness (QED) is 0.484. The van der Waals surface area contributed by atoms with Crippen LogP contribution in [0.5, 0.6) is 0 Å². The van der Waals surface area contributed by atoms with E-state index in [1.54, 1.807) is 6.92 Å². The van der Waals surface area contributed by atoms with Crippen LogP contribution in [-0.4, -0.2) is 28.4 Å². The van der Waals surface area contributed by atoms with E-state index in [2.05, 4.69) is 18.8 Å². The first-order valence-electron chi connectivity index (χ1n) is 9.89. The lowest BCUT2D eigenvalue weighted by Crippen LogP contribution is -2.47. The number of nitrogens with one attached hydrogen (secondary N) is 1. The maximum absolute atomic E-state index is 13.1. The normalized spacial score (nSPS) is 30.9. The first-order valence-corrected chi connectivity index (χ1v) is 10.3. The fourth-order valence-corrected chi connectivity index (χ4v) is 5.47. The Morgan fingerprint density at radius 2 is 1.88 bits per heavy atom. The molecule has 0 heterocycles. The Balaban J connectivity index is 2.14. The van der Waals surface area contributed by atoms with Crippen LogP contribution in [0.2, 0.25) is 0 Å². The van der Waals surface area contributed by atoms with E-state index in [4.69, 9.17) is 11.6 Å². The Kier molecular flexibility index (Phi) is 7.06. The second-order valence-corrected chi connectivity index (χ2v) is 8.98. The maximum atomic E-state index is 13.1. The zero-order valence-corrected chi connectivity index (χ0v) is 17.0. The van der Waals surface area contributed by atoms with E-state index < -0.39 is 10.9 Å². The molecule has 5 atom stereocenters. The zero-order chi connectivity index (χ0) is 19.5. The van der Waals surface area contributed by atoms with Gasteiger partial charge in [-0.05, 0) is 50.5 Å². The fraction of sp³-hybridized carbons (Fsp3) is 0.762. The molecule has 5 unspecified atom stereocenters. The third kappa shape index (κ3) is 4.57. The number of carbonyl (C=O) groups excluding carboxylic acids is 3. The molecule has 0 aromatic carbocycles. The molecule has 2 saturated carbocycles. The number of ketones is 2. The summed E-state index contributed by atoms with van der Waals surface area (Å²) in [5.74, 6) is -0.254. The smallest absolute Gasteiger partial charge is 0.243 e. The summed E-state index contributed by atoms with van der Waals surface area (Å²) >= 11 is 6.58. The summed E-state index contributed by atoms with van der Waals surface area (Å²) in [6.45, 7) is 9.07. The van der Waals surface area contributed by atoms with Crippen LogP contribution in [0.15, 0.2) is 12.7 Å². The molecule has 2 aliphatic carbocycles. The van der Waals surface area contributed by atoms with Gasteiger partial charge in [0, 0.05) is 17.2 Å². The van der Waals surface area contributed by atoms with Gasteiger partial charge >= 0.3 is 0 Å². The van der Waals surface area contributed by atoms with Crippen LogP contribution in [0.25, 0.3) is 0 Å². The summed E-state index contributed by atoms with van der Waals surface area (Å²) < 4.78 is 0. The van der Waals surface area contributed by atoms with E-state index in [1.165, 1.54) is 12.5 Å². The van der Waals surface area contributed by atoms with E-state index in [1.807, 2.05) is 6.92 Å². The fourth-order valence-electron chi connectivity index (χ4n) is 4.94. The van der Waals surface area contributed by atoms with Crippen LogP contribution in [-0.2, 0) is 14.4 Å². The summed E-state index contributed by atoms with van der Waals surface area (Å²) in [5, 5.41) is 2.83. The van der Waals surface area contributed by atoms with Gasteiger partial charge in [0.1, 0.15) is 5.78 Å². The summed E-state index contributed by atoms with van der Waals surface area (Å²) in [6.07, 6.45) is 7.48. The molecule has 2 rings (SSSR count). The van der Waals surface area contributed by atoms with Crippen LogP contribution in [0.4, 0.5) is 0 Å². The number of hydrogen-bond donors (Lipinski definition) is 1. The second kappa shape index (κ2) is 8.69. The van der Waals surface area contributed by atoms with Crippen molar-refractivity contribution in [2.45, 2.75) is 76.6 Å². The molecule has 0 aromatic heterocycles. The van der Waals surface area contributed by atoms with Crippen molar-refractivity contribution in [1.82, 2.24) is 5.32 Å². The Bertz CT molecular complexity index is 566. The molecular weight excluding hydrogens is 350 g/mol. The number of amides is 1. The van der Waals surface area contributed by atoms with Crippen LogP contribution in [0.3, 0.4) is 0 Å². The molecule has 0 radical (unpaired) electrons. The number of carbonyl (C=O) groups is 3. The molecular formula is C21H32ClNO3. The number of Topliss-reactive ketones (excluding diaryl/α,β-unsaturated/α-hetero) is 2. The van der Waals surface area contributed by atoms with Crippen molar-refractivity contribution in [3.05, 3.63) is 12.7 Å². The molecule has 0 saturated heterocycles. The second-order valence-electron chi connectivity index (χ2n) is 8.17. The van der Waals surface area contributed by atoms with Crippen molar-refractivity contribution in [1.29, 1.82) is 0 Å². The van der Waals surface area contributed by atoms with Crippen LogP contribution in [0, 0.1) is 23.7 Å². The third-order valence-corrected chi connectivity index (χ3v) is 7.00. The minimum atomic E-state index is -0.525. The largest absolute Gasteiger partial charge is 0.342 e. The van der Waals surface area contributed by atoms with E-state index in [0.717, 1.165) is 32.1 Å². The van der Waals surface area contributed by atoms with Gasteiger partial charge in [-0.3, -0.25) is 14.4 Å². The minimum Gasteiger partial charge on any atom is -0.342 e. The molecule has 0 spiro atoms. The molecule has 0 aromatic rings. The van der Waals surface area contributed by atoms with Gasteiger partial charge in [-0.2, -0.15) is 0 Å². The highest BCUT2D eigenvalue weighted by atomic mass is 35.5. The van der Waals surface area contributed by atoms with Gasteiger partial charge in [-0.1, -0.05) is 39.2 Å². The van der Waals surface area contributed by atoms with Crippen LogP contribution >= 0.6 is 11.6 Å². The Hall–Kier alpha value is -1.16. The molecule has 1 amide bonds. The Morgan fingerprint density at radius 3 is 2.35 bits per heavy atom. The number of hydrogen-bond acceptors (Lipinski definition) is 3. The SMILES string of the molecule is C=CC(=O)NC(C(=O)CC(C(C)=O)C1C(CC)C1(C)Cl)C1CCCCC1. The first-order chi connectivity index (χ1) is 12.2. The van der Waals surface area contributed by atoms with Gasteiger partial charge in [-0.25, -0.2) is 0 Å².